The van der Waals surface area contributed by atoms with E-state index in [4.69, 9.17) is 4.74 Å². The third-order valence-electron chi connectivity index (χ3n) is 3.63. The second kappa shape index (κ2) is 7.75. The van der Waals surface area contributed by atoms with Crippen LogP contribution in [0.2, 0.25) is 0 Å². The Morgan fingerprint density at radius 1 is 1.25 bits per heavy atom. The van der Waals surface area contributed by atoms with Crippen molar-refractivity contribution in [3.63, 3.8) is 0 Å². The SMILES string of the molecule is CC(=O)c1ccc(COC2CCCCCC=C2Br)cc1. The zero-order valence-corrected chi connectivity index (χ0v) is 13.5. The molecule has 0 saturated carbocycles. The molecular weight excluding hydrogens is 316 g/mol. The summed E-state index contributed by atoms with van der Waals surface area (Å²) in [6.45, 7) is 2.17. The molecule has 0 fully saturated rings. The minimum absolute atomic E-state index is 0.100. The van der Waals surface area contributed by atoms with E-state index in [1.165, 1.54) is 23.7 Å². The summed E-state index contributed by atoms with van der Waals surface area (Å²) in [5.41, 5.74) is 1.86. The first kappa shape index (κ1) is 15.5. The zero-order valence-electron chi connectivity index (χ0n) is 11.9. The van der Waals surface area contributed by atoms with Crippen molar-refractivity contribution in [2.24, 2.45) is 0 Å². The molecule has 0 N–H and O–H groups in total. The van der Waals surface area contributed by atoms with Gasteiger partial charge >= 0.3 is 0 Å². The topological polar surface area (TPSA) is 26.3 Å². The number of ketones is 1. The highest BCUT2D eigenvalue weighted by Crippen LogP contribution is 2.25. The van der Waals surface area contributed by atoms with Crippen molar-refractivity contribution in [3.05, 3.63) is 46.0 Å². The quantitative estimate of drug-likeness (QED) is 0.721. The van der Waals surface area contributed by atoms with Gasteiger partial charge in [-0.15, -0.1) is 0 Å². The molecule has 0 aromatic heterocycles. The maximum absolute atomic E-state index is 11.2. The van der Waals surface area contributed by atoms with Crippen LogP contribution in [0.1, 0.15) is 54.9 Å². The third-order valence-corrected chi connectivity index (χ3v) is 4.46. The molecule has 0 aliphatic heterocycles. The van der Waals surface area contributed by atoms with Crippen LogP contribution < -0.4 is 0 Å². The minimum atomic E-state index is 0.100. The number of hydrogen-bond acceptors (Lipinski definition) is 2. The lowest BCUT2D eigenvalue weighted by atomic mass is 10.0. The van der Waals surface area contributed by atoms with Crippen molar-refractivity contribution in [2.75, 3.05) is 0 Å². The Bertz CT molecular complexity index is 476. The molecule has 0 saturated heterocycles. The van der Waals surface area contributed by atoms with Crippen molar-refractivity contribution in [2.45, 2.75) is 51.7 Å². The summed E-state index contributed by atoms with van der Waals surface area (Å²) in [6.07, 6.45) is 8.39. The second-order valence-electron chi connectivity index (χ2n) is 5.28. The van der Waals surface area contributed by atoms with Gasteiger partial charge in [0.05, 0.1) is 12.7 Å². The van der Waals surface area contributed by atoms with Gasteiger partial charge in [-0.3, -0.25) is 4.79 Å². The Morgan fingerprint density at radius 2 is 2.00 bits per heavy atom. The predicted molar refractivity (Wildman–Crippen MR) is 85.1 cm³/mol. The van der Waals surface area contributed by atoms with E-state index in [1.54, 1.807) is 6.92 Å². The molecule has 0 radical (unpaired) electrons. The highest BCUT2D eigenvalue weighted by atomic mass is 79.9. The summed E-state index contributed by atoms with van der Waals surface area (Å²) < 4.78 is 7.20. The Balaban J connectivity index is 1.93. The van der Waals surface area contributed by atoms with Gasteiger partial charge in [-0.2, -0.15) is 0 Å². The zero-order chi connectivity index (χ0) is 14.4. The smallest absolute Gasteiger partial charge is 0.159 e. The lowest BCUT2D eigenvalue weighted by molar-refractivity contribution is 0.0619. The summed E-state index contributed by atoms with van der Waals surface area (Å²) >= 11 is 3.64. The molecule has 2 nitrogen and oxygen atoms in total. The summed E-state index contributed by atoms with van der Waals surface area (Å²) in [6, 6.07) is 7.67. The molecule has 20 heavy (non-hydrogen) atoms. The molecule has 108 valence electrons. The van der Waals surface area contributed by atoms with Crippen LogP contribution in [0.15, 0.2) is 34.8 Å². The van der Waals surface area contributed by atoms with Gasteiger partial charge in [-0.25, -0.2) is 0 Å². The first-order valence-corrected chi connectivity index (χ1v) is 8.03. The molecule has 1 aliphatic carbocycles. The number of benzene rings is 1. The highest BCUT2D eigenvalue weighted by Gasteiger charge is 2.14. The van der Waals surface area contributed by atoms with Gasteiger partial charge in [0.2, 0.25) is 0 Å². The van der Waals surface area contributed by atoms with E-state index in [-0.39, 0.29) is 11.9 Å². The number of carbonyl (C=O) groups excluding carboxylic acids is 1. The molecule has 1 aromatic rings. The van der Waals surface area contributed by atoms with Crippen LogP contribution >= 0.6 is 15.9 Å². The number of carbonyl (C=O) groups is 1. The molecule has 1 atom stereocenters. The lowest BCUT2D eigenvalue weighted by Crippen LogP contribution is -2.14. The number of ether oxygens (including phenoxy) is 1. The van der Waals surface area contributed by atoms with E-state index in [0.29, 0.717) is 6.61 Å². The molecule has 0 heterocycles. The van der Waals surface area contributed by atoms with Gasteiger partial charge in [0.1, 0.15) is 0 Å². The van der Waals surface area contributed by atoms with Crippen LogP contribution in [0.5, 0.6) is 0 Å². The number of hydrogen-bond donors (Lipinski definition) is 0. The van der Waals surface area contributed by atoms with Crippen LogP contribution in [0, 0.1) is 0 Å². The van der Waals surface area contributed by atoms with Crippen LogP contribution in [-0.2, 0) is 11.3 Å². The van der Waals surface area contributed by atoms with E-state index >= 15 is 0 Å². The van der Waals surface area contributed by atoms with Crippen molar-refractivity contribution in [1.29, 1.82) is 0 Å². The maximum Gasteiger partial charge on any atom is 0.159 e. The fourth-order valence-corrected chi connectivity index (χ4v) is 2.95. The Kier molecular flexibility index (Phi) is 5.99. The average molecular weight is 337 g/mol. The first-order chi connectivity index (χ1) is 9.66. The van der Waals surface area contributed by atoms with Crippen LogP contribution in [0.4, 0.5) is 0 Å². The van der Waals surface area contributed by atoms with Crippen molar-refractivity contribution < 1.29 is 9.53 Å². The number of allylic oxidation sites excluding steroid dienone is 1. The maximum atomic E-state index is 11.2. The molecule has 2 rings (SSSR count). The predicted octanol–water partition coefficient (Wildman–Crippen LogP) is 5.02. The minimum Gasteiger partial charge on any atom is -0.368 e. The summed E-state index contributed by atoms with van der Waals surface area (Å²) in [5.74, 6) is 0.100. The average Bonchev–Trinajstić information content (AvgIpc) is 2.43. The Labute approximate surface area is 129 Å². The van der Waals surface area contributed by atoms with E-state index in [0.717, 1.165) is 24.0 Å². The van der Waals surface area contributed by atoms with Gasteiger partial charge in [0.25, 0.3) is 0 Å². The molecule has 0 spiro atoms. The standard InChI is InChI=1S/C17H21BrO2/c1-13(19)15-10-8-14(9-11-15)12-20-17-7-5-3-2-4-6-16(17)18/h6,8-11,17H,2-5,7,12H2,1H3. The molecule has 1 aliphatic rings. The molecule has 1 aromatic carbocycles. The summed E-state index contributed by atoms with van der Waals surface area (Å²) in [7, 11) is 0. The Morgan fingerprint density at radius 3 is 2.70 bits per heavy atom. The van der Waals surface area contributed by atoms with Crippen LogP contribution in [0.3, 0.4) is 0 Å². The fourth-order valence-electron chi connectivity index (χ4n) is 2.36. The summed E-state index contributed by atoms with van der Waals surface area (Å²) in [4.78, 5) is 11.2. The fraction of sp³-hybridized carbons (Fsp3) is 0.471. The summed E-state index contributed by atoms with van der Waals surface area (Å²) in [5, 5.41) is 0. The van der Waals surface area contributed by atoms with Crippen molar-refractivity contribution >= 4 is 21.7 Å². The number of Topliss-reactive ketones (excluding diaryl/α,β-unsaturated/α-hetero) is 1. The largest absolute Gasteiger partial charge is 0.368 e. The van der Waals surface area contributed by atoms with Gasteiger partial charge in [-0.1, -0.05) is 59.1 Å². The van der Waals surface area contributed by atoms with Crippen LogP contribution in [-0.4, -0.2) is 11.9 Å². The highest BCUT2D eigenvalue weighted by molar-refractivity contribution is 9.11. The molecule has 0 bridgehead atoms. The monoisotopic (exact) mass is 336 g/mol. The van der Waals surface area contributed by atoms with E-state index in [2.05, 4.69) is 22.0 Å². The first-order valence-electron chi connectivity index (χ1n) is 7.24. The lowest BCUT2D eigenvalue weighted by Gasteiger charge is -2.19. The van der Waals surface area contributed by atoms with Gasteiger partial charge < -0.3 is 4.74 Å². The van der Waals surface area contributed by atoms with E-state index in [1.807, 2.05) is 24.3 Å². The molecule has 3 heteroatoms. The van der Waals surface area contributed by atoms with Gasteiger partial charge in [0, 0.05) is 10.0 Å². The molecule has 0 amide bonds. The molecule has 1 unspecified atom stereocenters. The third kappa shape index (κ3) is 4.57. The number of halogens is 1. The van der Waals surface area contributed by atoms with E-state index in [9.17, 15) is 4.79 Å². The van der Waals surface area contributed by atoms with Crippen molar-refractivity contribution in [3.8, 4) is 0 Å². The second-order valence-corrected chi connectivity index (χ2v) is 6.20. The normalized spacial score (nSPS) is 19.9. The van der Waals surface area contributed by atoms with Gasteiger partial charge in [0.15, 0.2) is 5.78 Å². The van der Waals surface area contributed by atoms with Crippen molar-refractivity contribution in [1.82, 2.24) is 0 Å². The molecular formula is C17H21BrO2. The number of rotatable bonds is 4. The van der Waals surface area contributed by atoms with E-state index < -0.39 is 0 Å². The Hall–Kier alpha value is -0.930. The van der Waals surface area contributed by atoms with Crippen LogP contribution in [0.25, 0.3) is 0 Å². The van der Waals surface area contributed by atoms with Gasteiger partial charge in [-0.05, 0) is 31.7 Å².